The zero-order valence-electron chi connectivity index (χ0n) is 14.8. The van der Waals surface area contributed by atoms with Crippen LogP contribution in [0.4, 0.5) is 0 Å². The Labute approximate surface area is 153 Å². The van der Waals surface area contributed by atoms with Gasteiger partial charge in [-0.25, -0.2) is 0 Å². The number of aromatic hydroxyl groups is 1. The Kier molecular flexibility index (Phi) is 4.69. The fourth-order valence-electron chi connectivity index (χ4n) is 4.78. The molecule has 1 aliphatic carbocycles. The molecule has 2 heterocycles. The van der Waals surface area contributed by atoms with Gasteiger partial charge in [0.2, 0.25) is 0 Å². The molecule has 0 bridgehead atoms. The Morgan fingerprint density at radius 2 is 1.65 bits per heavy atom. The number of hydrogen-bond acceptors (Lipinski definition) is 5. The quantitative estimate of drug-likeness (QED) is 0.767. The number of aliphatic hydroxyl groups is 2. The lowest BCUT2D eigenvalue weighted by molar-refractivity contribution is 0.0328. The standard InChI is InChI=1S/C21H26N2O3/c24-19-3-1-16(2-4-19)20(25)14-23-12-17-10-21(26,11-18(17)13-23)9-15-5-7-22-8-6-15/h1-8,17-18,20,24-26H,9-14H2/t17-,18?,20?,21?/m1/s1. The van der Waals surface area contributed by atoms with Gasteiger partial charge < -0.3 is 15.3 Å². The molecule has 3 unspecified atom stereocenters. The van der Waals surface area contributed by atoms with Gasteiger partial charge in [-0.3, -0.25) is 9.88 Å². The molecule has 2 aliphatic rings. The van der Waals surface area contributed by atoms with Gasteiger partial charge in [0.1, 0.15) is 5.75 Å². The molecule has 1 aliphatic heterocycles. The van der Waals surface area contributed by atoms with E-state index in [0.717, 1.165) is 37.1 Å². The van der Waals surface area contributed by atoms with Crippen LogP contribution in [0.15, 0.2) is 48.8 Å². The van der Waals surface area contributed by atoms with Crippen molar-refractivity contribution in [1.82, 2.24) is 9.88 Å². The summed E-state index contributed by atoms with van der Waals surface area (Å²) in [5, 5.41) is 30.8. The second-order valence-electron chi connectivity index (χ2n) is 8.01. The second-order valence-corrected chi connectivity index (χ2v) is 8.01. The minimum atomic E-state index is -0.613. The molecule has 2 aromatic rings. The number of likely N-dealkylation sites (tertiary alicyclic amines) is 1. The molecule has 26 heavy (non-hydrogen) atoms. The number of phenolic OH excluding ortho intramolecular Hbond substituents is 1. The van der Waals surface area contributed by atoms with Gasteiger partial charge in [-0.15, -0.1) is 0 Å². The first kappa shape index (κ1) is 17.5. The summed E-state index contributed by atoms with van der Waals surface area (Å²) >= 11 is 0. The number of β-amino-alcohol motifs (C(OH)–C–C–N with tert-alkyl or cyclic N) is 1. The average molecular weight is 354 g/mol. The van der Waals surface area contributed by atoms with E-state index in [-0.39, 0.29) is 5.75 Å². The number of benzene rings is 1. The Hall–Kier alpha value is -1.95. The minimum absolute atomic E-state index is 0.213. The van der Waals surface area contributed by atoms with Crippen LogP contribution >= 0.6 is 0 Å². The zero-order valence-corrected chi connectivity index (χ0v) is 14.8. The van der Waals surface area contributed by atoms with Crippen LogP contribution < -0.4 is 0 Å². The van der Waals surface area contributed by atoms with Crippen LogP contribution in [0.2, 0.25) is 0 Å². The molecule has 1 aromatic carbocycles. The predicted octanol–water partition coefficient (Wildman–Crippen LogP) is 2.14. The second kappa shape index (κ2) is 6.99. The number of hydrogen-bond donors (Lipinski definition) is 3. The third-order valence-corrected chi connectivity index (χ3v) is 5.93. The van der Waals surface area contributed by atoms with Crippen molar-refractivity contribution in [2.24, 2.45) is 11.8 Å². The van der Waals surface area contributed by atoms with Crippen LogP contribution in [0.1, 0.15) is 30.1 Å². The van der Waals surface area contributed by atoms with Gasteiger partial charge in [0.05, 0.1) is 11.7 Å². The van der Waals surface area contributed by atoms with E-state index in [2.05, 4.69) is 9.88 Å². The minimum Gasteiger partial charge on any atom is -0.508 e. The molecule has 1 saturated heterocycles. The smallest absolute Gasteiger partial charge is 0.115 e. The lowest BCUT2D eigenvalue weighted by atomic mass is 9.92. The predicted molar refractivity (Wildman–Crippen MR) is 98.6 cm³/mol. The van der Waals surface area contributed by atoms with E-state index in [0.29, 0.717) is 24.8 Å². The maximum absolute atomic E-state index is 11.0. The molecule has 138 valence electrons. The van der Waals surface area contributed by atoms with E-state index in [1.165, 1.54) is 0 Å². The van der Waals surface area contributed by atoms with Crippen molar-refractivity contribution < 1.29 is 15.3 Å². The highest BCUT2D eigenvalue weighted by molar-refractivity contribution is 5.27. The fourth-order valence-corrected chi connectivity index (χ4v) is 4.78. The molecule has 4 atom stereocenters. The highest BCUT2D eigenvalue weighted by Gasteiger charge is 2.48. The summed E-state index contributed by atoms with van der Waals surface area (Å²) in [4.78, 5) is 6.35. The molecule has 0 amide bonds. The van der Waals surface area contributed by atoms with E-state index >= 15 is 0 Å². The van der Waals surface area contributed by atoms with Gasteiger partial charge in [0.25, 0.3) is 0 Å². The summed E-state index contributed by atoms with van der Waals surface area (Å²) in [5.74, 6) is 1.20. The summed E-state index contributed by atoms with van der Waals surface area (Å²) in [7, 11) is 0. The van der Waals surface area contributed by atoms with Crippen molar-refractivity contribution >= 4 is 0 Å². The van der Waals surface area contributed by atoms with Crippen molar-refractivity contribution in [2.75, 3.05) is 19.6 Å². The molecule has 2 fully saturated rings. The van der Waals surface area contributed by atoms with Gasteiger partial charge in [0, 0.05) is 38.4 Å². The first-order valence-electron chi connectivity index (χ1n) is 9.31. The number of nitrogens with zero attached hydrogens (tertiary/aromatic N) is 2. The summed E-state index contributed by atoms with van der Waals surface area (Å²) in [6.07, 6.45) is 5.35. The van der Waals surface area contributed by atoms with Gasteiger partial charge in [-0.05, 0) is 60.1 Å². The number of aliphatic hydroxyl groups excluding tert-OH is 1. The lowest BCUT2D eigenvalue weighted by Crippen LogP contribution is -2.33. The topological polar surface area (TPSA) is 76.8 Å². The molecule has 1 saturated carbocycles. The largest absolute Gasteiger partial charge is 0.508 e. The summed E-state index contributed by atoms with van der Waals surface area (Å²) in [5.41, 5.74) is 1.36. The van der Waals surface area contributed by atoms with E-state index in [9.17, 15) is 15.3 Å². The summed E-state index contributed by atoms with van der Waals surface area (Å²) in [6, 6.07) is 10.7. The maximum atomic E-state index is 11.0. The monoisotopic (exact) mass is 354 g/mol. The van der Waals surface area contributed by atoms with Crippen molar-refractivity contribution in [3.05, 3.63) is 59.9 Å². The van der Waals surface area contributed by atoms with Crippen LogP contribution in [0.3, 0.4) is 0 Å². The van der Waals surface area contributed by atoms with E-state index < -0.39 is 11.7 Å². The van der Waals surface area contributed by atoms with Crippen molar-refractivity contribution in [2.45, 2.75) is 31.0 Å². The fraction of sp³-hybridized carbons (Fsp3) is 0.476. The van der Waals surface area contributed by atoms with Crippen LogP contribution in [-0.2, 0) is 6.42 Å². The third-order valence-electron chi connectivity index (χ3n) is 5.93. The number of rotatable bonds is 5. The average Bonchev–Trinajstić information content (AvgIpc) is 3.10. The number of aromatic nitrogens is 1. The first-order chi connectivity index (χ1) is 12.5. The van der Waals surface area contributed by atoms with Crippen molar-refractivity contribution in [1.29, 1.82) is 0 Å². The van der Waals surface area contributed by atoms with Crippen LogP contribution in [0.25, 0.3) is 0 Å². The highest BCUT2D eigenvalue weighted by atomic mass is 16.3. The van der Waals surface area contributed by atoms with Gasteiger partial charge in [-0.1, -0.05) is 12.1 Å². The summed E-state index contributed by atoms with van der Waals surface area (Å²) < 4.78 is 0. The molecule has 1 aromatic heterocycles. The van der Waals surface area contributed by atoms with Gasteiger partial charge in [0.15, 0.2) is 0 Å². The number of phenols is 1. The number of pyridine rings is 1. The molecule has 3 N–H and O–H groups in total. The van der Waals surface area contributed by atoms with Crippen LogP contribution in [0.5, 0.6) is 5.75 Å². The maximum Gasteiger partial charge on any atom is 0.115 e. The molecule has 0 spiro atoms. The Morgan fingerprint density at radius 3 is 2.27 bits per heavy atom. The molecular formula is C21H26N2O3. The number of fused-ring (bicyclic) bond motifs is 1. The van der Waals surface area contributed by atoms with E-state index in [4.69, 9.17) is 0 Å². The van der Waals surface area contributed by atoms with E-state index in [1.807, 2.05) is 12.1 Å². The Balaban J connectivity index is 1.32. The third kappa shape index (κ3) is 3.75. The van der Waals surface area contributed by atoms with Crippen molar-refractivity contribution in [3.63, 3.8) is 0 Å². The van der Waals surface area contributed by atoms with Crippen LogP contribution in [0, 0.1) is 11.8 Å². The highest BCUT2D eigenvalue weighted by Crippen LogP contribution is 2.45. The van der Waals surface area contributed by atoms with Crippen LogP contribution in [-0.4, -0.2) is 50.4 Å². The Morgan fingerprint density at radius 1 is 1.04 bits per heavy atom. The zero-order chi connectivity index (χ0) is 18.1. The summed E-state index contributed by atoms with van der Waals surface area (Å²) in [6.45, 7) is 2.46. The Bertz CT molecular complexity index is 721. The van der Waals surface area contributed by atoms with E-state index in [1.54, 1.807) is 36.7 Å². The molecule has 5 heteroatoms. The molecule has 5 nitrogen and oxygen atoms in total. The van der Waals surface area contributed by atoms with Gasteiger partial charge in [-0.2, -0.15) is 0 Å². The lowest BCUT2D eigenvalue weighted by Gasteiger charge is -2.27. The molecule has 4 rings (SSSR count). The molecule has 0 radical (unpaired) electrons. The normalized spacial score (nSPS) is 29.6. The van der Waals surface area contributed by atoms with Gasteiger partial charge >= 0.3 is 0 Å². The first-order valence-corrected chi connectivity index (χ1v) is 9.31. The molecular weight excluding hydrogens is 328 g/mol. The van der Waals surface area contributed by atoms with Crippen molar-refractivity contribution in [3.8, 4) is 5.75 Å². The SMILES string of the molecule is Oc1ccc(C(O)CN2CC3CC(O)(Cc4ccncc4)C[C@@H]3C2)cc1.